The van der Waals surface area contributed by atoms with E-state index in [2.05, 4.69) is 10.1 Å². The number of halogens is 5. The van der Waals surface area contributed by atoms with Crippen LogP contribution in [0.25, 0.3) is 22.4 Å². The van der Waals surface area contributed by atoms with E-state index in [1.54, 1.807) is 6.07 Å². The highest BCUT2D eigenvalue weighted by Gasteiger charge is 2.39. The zero-order valence-corrected chi connectivity index (χ0v) is 13.5. The van der Waals surface area contributed by atoms with Gasteiger partial charge >= 0.3 is 6.18 Å². The molecule has 1 aliphatic rings. The van der Waals surface area contributed by atoms with Crippen LogP contribution in [0.1, 0.15) is 30.0 Å². The molecule has 0 saturated heterocycles. The lowest BCUT2D eigenvalue weighted by Crippen LogP contribution is -2.07. The second-order valence-electron chi connectivity index (χ2n) is 5.70. The van der Waals surface area contributed by atoms with E-state index in [0.717, 1.165) is 18.9 Å². The Morgan fingerprint density at radius 1 is 1.08 bits per heavy atom. The second-order valence-corrected chi connectivity index (χ2v) is 6.52. The van der Waals surface area contributed by atoms with E-state index >= 15 is 0 Å². The predicted octanol–water partition coefficient (Wildman–Crippen LogP) is 6.09. The lowest BCUT2D eigenvalue weighted by Gasteiger charge is -2.11. The van der Waals surface area contributed by atoms with Crippen molar-refractivity contribution in [2.24, 2.45) is 0 Å². The van der Waals surface area contributed by atoms with Crippen molar-refractivity contribution in [3.63, 3.8) is 0 Å². The van der Waals surface area contributed by atoms with Crippen molar-refractivity contribution < 1.29 is 17.7 Å². The van der Waals surface area contributed by atoms with Crippen molar-refractivity contribution in [2.75, 3.05) is 0 Å². The number of pyridine rings is 1. The fraction of sp³-hybridized carbons (Fsp3) is 0.250. The number of benzene rings is 1. The summed E-state index contributed by atoms with van der Waals surface area (Å²) >= 11 is 11.8. The fourth-order valence-electron chi connectivity index (χ4n) is 2.64. The number of hydrogen-bond acceptors (Lipinski definition) is 3. The van der Waals surface area contributed by atoms with Crippen molar-refractivity contribution in [3.8, 4) is 11.3 Å². The van der Waals surface area contributed by atoms with Gasteiger partial charge in [0.05, 0.1) is 32.4 Å². The minimum Gasteiger partial charge on any atom is -0.335 e. The number of alkyl halides is 3. The van der Waals surface area contributed by atoms with E-state index in [1.807, 2.05) is 0 Å². The highest BCUT2D eigenvalue weighted by atomic mass is 35.5. The van der Waals surface area contributed by atoms with Crippen LogP contribution in [0.3, 0.4) is 0 Å². The molecule has 8 heteroatoms. The van der Waals surface area contributed by atoms with E-state index in [4.69, 9.17) is 27.7 Å². The van der Waals surface area contributed by atoms with Gasteiger partial charge in [0, 0.05) is 11.5 Å². The molecule has 0 unspecified atom stereocenters. The minimum atomic E-state index is -4.54. The highest BCUT2D eigenvalue weighted by Crippen LogP contribution is 2.46. The molecule has 3 aromatic rings. The molecule has 2 heterocycles. The molecule has 1 fully saturated rings. The maximum absolute atomic E-state index is 13.6. The first-order chi connectivity index (χ1) is 11.3. The zero-order valence-electron chi connectivity index (χ0n) is 12.0. The van der Waals surface area contributed by atoms with Gasteiger partial charge in [-0.2, -0.15) is 13.2 Å². The van der Waals surface area contributed by atoms with E-state index in [0.29, 0.717) is 16.3 Å². The normalized spacial score (nSPS) is 15.2. The van der Waals surface area contributed by atoms with Crippen molar-refractivity contribution in [1.82, 2.24) is 10.1 Å². The van der Waals surface area contributed by atoms with Crippen LogP contribution >= 0.6 is 23.2 Å². The Morgan fingerprint density at radius 3 is 2.46 bits per heavy atom. The first-order valence-corrected chi connectivity index (χ1v) is 7.93. The van der Waals surface area contributed by atoms with Crippen LogP contribution in [0.15, 0.2) is 28.8 Å². The lowest BCUT2D eigenvalue weighted by atomic mass is 10.0. The average Bonchev–Trinajstić information content (AvgIpc) is 3.27. The molecule has 0 amide bonds. The summed E-state index contributed by atoms with van der Waals surface area (Å²) in [5.41, 5.74) is -0.0527. The summed E-state index contributed by atoms with van der Waals surface area (Å²) < 4.78 is 45.7. The second kappa shape index (κ2) is 5.36. The van der Waals surface area contributed by atoms with Crippen molar-refractivity contribution >= 4 is 34.3 Å². The molecular weight excluding hydrogens is 364 g/mol. The van der Waals surface area contributed by atoms with Gasteiger partial charge in [-0.05, 0) is 31.0 Å². The summed E-state index contributed by atoms with van der Waals surface area (Å²) in [4.78, 5) is 4.19. The van der Waals surface area contributed by atoms with Gasteiger partial charge in [0.25, 0.3) is 5.71 Å². The highest BCUT2D eigenvalue weighted by molar-refractivity contribution is 6.42. The van der Waals surface area contributed by atoms with Crippen LogP contribution in [0.2, 0.25) is 10.0 Å². The molecule has 24 heavy (non-hydrogen) atoms. The molecule has 2 aromatic heterocycles. The van der Waals surface area contributed by atoms with Crippen molar-refractivity contribution in [2.45, 2.75) is 24.9 Å². The van der Waals surface area contributed by atoms with Crippen molar-refractivity contribution in [3.05, 3.63) is 45.6 Å². The lowest BCUT2D eigenvalue weighted by molar-refractivity contribution is -0.136. The Morgan fingerprint density at radius 2 is 1.83 bits per heavy atom. The molecule has 4 rings (SSSR count). The quantitative estimate of drug-likeness (QED) is 0.545. The van der Waals surface area contributed by atoms with Crippen LogP contribution < -0.4 is 0 Å². The Hall–Kier alpha value is -1.79. The molecule has 1 saturated carbocycles. The van der Waals surface area contributed by atoms with Gasteiger partial charge in [0.1, 0.15) is 0 Å². The maximum Gasteiger partial charge on any atom is 0.417 e. The van der Waals surface area contributed by atoms with Gasteiger partial charge in [0.2, 0.25) is 0 Å². The molecule has 3 nitrogen and oxygen atoms in total. The summed E-state index contributed by atoms with van der Waals surface area (Å²) in [7, 11) is 0. The third-order valence-corrected chi connectivity index (χ3v) is 4.70. The SMILES string of the molecule is FC(F)(F)c1cc(-c2ccc(Cl)c(Cl)c2)nc2onc(C3CC3)c12. The average molecular weight is 373 g/mol. The Labute approximate surface area is 144 Å². The fourth-order valence-corrected chi connectivity index (χ4v) is 2.93. The Balaban J connectivity index is 1.96. The number of aromatic nitrogens is 2. The molecule has 1 aliphatic carbocycles. The van der Waals surface area contributed by atoms with Gasteiger partial charge in [-0.3, -0.25) is 0 Å². The van der Waals surface area contributed by atoms with E-state index < -0.39 is 11.7 Å². The molecular formula is C16H9Cl2F3N2O. The largest absolute Gasteiger partial charge is 0.417 e. The third-order valence-electron chi connectivity index (χ3n) is 3.96. The number of nitrogens with zero attached hydrogens (tertiary/aromatic N) is 2. The molecule has 0 bridgehead atoms. The molecule has 0 aliphatic heterocycles. The number of hydrogen-bond donors (Lipinski definition) is 0. The topological polar surface area (TPSA) is 38.9 Å². The van der Waals surface area contributed by atoms with Gasteiger partial charge in [-0.15, -0.1) is 0 Å². The van der Waals surface area contributed by atoms with Gasteiger partial charge in [-0.1, -0.05) is 34.4 Å². The number of rotatable bonds is 2. The monoisotopic (exact) mass is 372 g/mol. The minimum absolute atomic E-state index is 0.0185. The first-order valence-electron chi connectivity index (χ1n) is 7.17. The van der Waals surface area contributed by atoms with Crippen LogP contribution in [-0.2, 0) is 6.18 Å². The van der Waals surface area contributed by atoms with Crippen LogP contribution in [-0.4, -0.2) is 10.1 Å². The van der Waals surface area contributed by atoms with Crippen molar-refractivity contribution in [1.29, 1.82) is 0 Å². The molecule has 0 radical (unpaired) electrons. The first kappa shape index (κ1) is 15.7. The summed E-state index contributed by atoms with van der Waals surface area (Å²) in [6, 6.07) is 5.54. The Kier molecular flexibility index (Phi) is 3.51. The maximum atomic E-state index is 13.6. The van der Waals surface area contributed by atoms with Gasteiger partial charge < -0.3 is 4.52 Å². The van der Waals surface area contributed by atoms with E-state index in [1.165, 1.54) is 12.1 Å². The standard InChI is InChI=1S/C16H9Cl2F3N2O/c17-10-4-3-8(5-11(10)18)12-6-9(16(19,20)21)13-14(7-1-2-7)23-24-15(13)22-12/h3-7H,1-2H2. The number of fused-ring (bicyclic) bond motifs is 1. The molecule has 124 valence electrons. The summed E-state index contributed by atoms with van der Waals surface area (Å²) in [6.45, 7) is 0. The Bertz CT molecular complexity index is 948. The third kappa shape index (κ3) is 2.63. The molecule has 0 atom stereocenters. The summed E-state index contributed by atoms with van der Waals surface area (Å²) in [5, 5.41) is 4.32. The molecule has 0 spiro atoms. The molecule has 1 aromatic carbocycles. The van der Waals surface area contributed by atoms with E-state index in [-0.39, 0.29) is 27.7 Å². The van der Waals surface area contributed by atoms with Crippen LogP contribution in [0, 0.1) is 0 Å². The van der Waals surface area contributed by atoms with Gasteiger partial charge in [0.15, 0.2) is 0 Å². The molecule has 0 N–H and O–H groups in total. The smallest absolute Gasteiger partial charge is 0.335 e. The van der Waals surface area contributed by atoms with Crippen LogP contribution in [0.5, 0.6) is 0 Å². The summed E-state index contributed by atoms with van der Waals surface area (Å²) in [5.74, 6) is 0.0185. The summed E-state index contributed by atoms with van der Waals surface area (Å²) in [6.07, 6.45) is -2.91. The zero-order chi connectivity index (χ0) is 17.1. The van der Waals surface area contributed by atoms with Gasteiger partial charge in [-0.25, -0.2) is 4.98 Å². The van der Waals surface area contributed by atoms with Crippen LogP contribution in [0.4, 0.5) is 13.2 Å². The predicted molar refractivity (Wildman–Crippen MR) is 84.2 cm³/mol. The van der Waals surface area contributed by atoms with E-state index in [9.17, 15) is 13.2 Å².